The number of benzene rings is 1. The van der Waals surface area contributed by atoms with Gasteiger partial charge in [-0.1, -0.05) is 23.7 Å². The summed E-state index contributed by atoms with van der Waals surface area (Å²) in [6, 6.07) is 9.12. The maximum absolute atomic E-state index is 5.98. The average Bonchev–Trinajstić information content (AvgIpc) is 2.32. The smallest absolute Gasteiger partial charge is 0.146 e. The Bertz CT molecular complexity index is 488. The van der Waals surface area contributed by atoms with Gasteiger partial charge in [-0.2, -0.15) is 0 Å². The first-order valence-electron chi connectivity index (χ1n) is 4.72. The van der Waals surface area contributed by atoms with Crippen LogP contribution in [-0.2, 0) is 5.88 Å². The second kappa shape index (κ2) is 5.19. The monoisotopic (exact) mass is 253 g/mol. The summed E-state index contributed by atoms with van der Waals surface area (Å²) in [4.78, 5) is 4.03. The SMILES string of the molecule is ClCc1cncc(Oc2ccccc2Cl)c1. The largest absolute Gasteiger partial charge is 0.454 e. The fourth-order valence-electron chi connectivity index (χ4n) is 1.25. The summed E-state index contributed by atoms with van der Waals surface area (Å²) in [6.07, 6.45) is 3.33. The molecular formula is C12H9Cl2NO. The summed E-state index contributed by atoms with van der Waals surface area (Å²) < 4.78 is 5.60. The fourth-order valence-corrected chi connectivity index (χ4v) is 1.57. The van der Waals surface area contributed by atoms with Crippen molar-refractivity contribution in [1.29, 1.82) is 0 Å². The summed E-state index contributed by atoms with van der Waals surface area (Å²) in [5.74, 6) is 1.65. The molecule has 0 amide bonds. The summed E-state index contributed by atoms with van der Waals surface area (Å²) in [7, 11) is 0. The molecule has 0 bridgehead atoms. The minimum atomic E-state index is 0.409. The van der Waals surface area contributed by atoms with Gasteiger partial charge in [0.2, 0.25) is 0 Å². The van der Waals surface area contributed by atoms with E-state index in [0.717, 1.165) is 5.56 Å². The molecule has 2 nitrogen and oxygen atoms in total. The predicted octanol–water partition coefficient (Wildman–Crippen LogP) is 4.27. The lowest BCUT2D eigenvalue weighted by molar-refractivity contribution is 0.480. The van der Waals surface area contributed by atoms with E-state index in [2.05, 4.69) is 4.98 Å². The highest BCUT2D eigenvalue weighted by atomic mass is 35.5. The summed E-state index contributed by atoms with van der Waals surface area (Å²) in [5.41, 5.74) is 0.909. The van der Waals surface area contributed by atoms with Gasteiger partial charge >= 0.3 is 0 Å². The minimum absolute atomic E-state index is 0.409. The van der Waals surface area contributed by atoms with Crippen LogP contribution in [0, 0.1) is 0 Å². The fraction of sp³-hybridized carbons (Fsp3) is 0.0833. The molecule has 82 valence electrons. The molecule has 2 rings (SSSR count). The van der Waals surface area contributed by atoms with Crippen molar-refractivity contribution in [2.45, 2.75) is 5.88 Å². The van der Waals surface area contributed by atoms with E-state index in [-0.39, 0.29) is 0 Å². The summed E-state index contributed by atoms with van der Waals surface area (Å²) in [5, 5.41) is 0.568. The van der Waals surface area contributed by atoms with Gasteiger partial charge in [0, 0.05) is 12.1 Å². The number of alkyl halides is 1. The number of halogens is 2. The Morgan fingerprint density at radius 2 is 2.00 bits per heavy atom. The van der Waals surface area contributed by atoms with Crippen molar-refractivity contribution in [3.8, 4) is 11.5 Å². The van der Waals surface area contributed by atoms with Gasteiger partial charge in [-0.3, -0.25) is 4.98 Å². The van der Waals surface area contributed by atoms with Gasteiger partial charge in [-0.05, 0) is 23.8 Å². The average molecular weight is 254 g/mol. The zero-order valence-electron chi connectivity index (χ0n) is 8.36. The number of nitrogens with zero attached hydrogens (tertiary/aromatic N) is 1. The molecule has 0 saturated carbocycles. The Kier molecular flexibility index (Phi) is 3.65. The van der Waals surface area contributed by atoms with E-state index >= 15 is 0 Å². The molecule has 1 heterocycles. The van der Waals surface area contributed by atoms with E-state index in [9.17, 15) is 0 Å². The Labute approximate surface area is 104 Å². The first kappa shape index (κ1) is 11.2. The van der Waals surface area contributed by atoms with Gasteiger partial charge in [-0.15, -0.1) is 11.6 Å². The molecule has 1 aromatic heterocycles. The minimum Gasteiger partial charge on any atom is -0.454 e. The Morgan fingerprint density at radius 3 is 2.75 bits per heavy atom. The van der Waals surface area contributed by atoms with Crippen molar-refractivity contribution in [3.63, 3.8) is 0 Å². The second-order valence-corrected chi connectivity index (χ2v) is 3.87. The standard InChI is InChI=1S/C12H9Cl2NO/c13-6-9-5-10(8-15-7-9)16-12-4-2-1-3-11(12)14/h1-5,7-8H,6H2. The van der Waals surface area contributed by atoms with Crippen LogP contribution in [0.2, 0.25) is 5.02 Å². The van der Waals surface area contributed by atoms with Crippen LogP contribution in [-0.4, -0.2) is 4.98 Å². The van der Waals surface area contributed by atoms with E-state index in [1.165, 1.54) is 0 Å². The Morgan fingerprint density at radius 1 is 1.19 bits per heavy atom. The van der Waals surface area contributed by atoms with Crippen LogP contribution in [0.3, 0.4) is 0 Å². The number of ether oxygens (including phenoxy) is 1. The highest BCUT2D eigenvalue weighted by Gasteiger charge is 2.02. The maximum atomic E-state index is 5.98. The van der Waals surface area contributed by atoms with E-state index < -0.39 is 0 Å². The molecular weight excluding hydrogens is 245 g/mol. The molecule has 0 saturated heterocycles. The van der Waals surface area contributed by atoms with Gasteiger partial charge in [0.15, 0.2) is 0 Å². The van der Waals surface area contributed by atoms with Crippen LogP contribution in [0.1, 0.15) is 5.56 Å². The number of rotatable bonds is 3. The number of aromatic nitrogens is 1. The third-order valence-corrected chi connectivity index (χ3v) is 2.61. The molecule has 0 N–H and O–H groups in total. The van der Waals surface area contributed by atoms with Gasteiger partial charge < -0.3 is 4.74 Å². The Balaban J connectivity index is 2.24. The zero-order valence-corrected chi connectivity index (χ0v) is 9.87. The van der Waals surface area contributed by atoms with Crippen molar-refractivity contribution in [3.05, 3.63) is 53.3 Å². The lowest BCUT2D eigenvalue weighted by atomic mass is 10.3. The highest BCUT2D eigenvalue weighted by molar-refractivity contribution is 6.32. The molecule has 0 atom stereocenters. The first-order valence-corrected chi connectivity index (χ1v) is 5.63. The van der Waals surface area contributed by atoms with Crippen LogP contribution in [0.25, 0.3) is 0 Å². The molecule has 1 aromatic carbocycles. The van der Waals surface area contributed by atoms with Crippen LogP contribution >= 0.6 is 23.2 Å². The summed E-state index contributed by atoms with van der Waals surface area (Å²) >= 11 is 11.7. The van der Waals surface area contributed by atoms with Gasteiger partial charge in [0.25, 0.3) is 0 Å². The van der Waals surface area contributed by atoms with Gasteiger partial charge in [0.1, 0.15) is 11.5 Å². The van der Waals surface area contributed by atoms with Crippen molar-refractivity contribution < 1.29 is 4.74 Å². The van der Waals surface area contributed by atoms with E-state index in [1.54, 1.807) is 24.5 Å². The quantitative estimate of drug-likeness (QED) is 0.763. The number of hydrogen-bond donors (Lipinski definition) is 0. The van der Waals surface area contributed by atoms with Gasteiger partial charge in [-0.25, -0.2) is 0 Å². The maximum Gasteiger partial charge on any atom is 0.146 e. The predicted molar refractivity (Wildman–Crippen MR) is 65.3 cm³/mol. The third kappa shape index (κ3) is 2.65. The molecule has 2 aromatic rings. The van der Waals surface area contributed by atoms with E-state index in [0.29, 0.717) is 22.4 Å². The topological polar surface area (TPSA) is 22.1 Å². The van der Waals surface area contributed by atoms with Crippen molar-refractivity contribution in [2.24, 2.45) is 0 Å². The molecule has 0 aliphatic rings. The molecule has 0 unspecified atom stereocenters. The second-order valence-electron chi connectivity index (χ2n) is 3.20. The molecule has 0 fully saturated rings. The first-order chi connectivity index (χ1) is 7.79. The van der Waals surface area contributed by atoms with E-state index in [4.69, 9.17) is 27.9 Å². The van der Waals surface area contributed by atoms with Crippen LogP contribution in [0.15, 0.2) is 42.7 Å². The van der Waals surface area contributed by atoms with Crippen LogP contribution in [0.5, 0.6) is 11.5 Å². The summed E-state index contributed by atoms with van der Waals surface area (Å²) in [6.45, 7) is 0. The lowest BCUT2D eigenvalue weighted by Crippen LogP contribution is -1.88. The molecule has 0 radical (unpaired) electrons. The lowest BCUT2D eigenvalue weighted by Gasteiger charge is -2.07. The van der Waals surface area contributed by atoms with Crippen molar-refractivity contribution in [2.75, 3.05) is 0 Å². The van der Waals surface area contributed by atoms with Gasteiger partial charge in [0.05, 0.1) is 11.2 Å². The van der Waals surface area contributed by atoms with Crippen LogP contribution < -0.4 is 4.74 Å². The normalized spacial score (nSPS) is 10.1. The molecule has 0 aliphatic heterocycles. The number of para-hydroxylation sites is 1. The number of pyridine rings is 1. The molecule has 0 aliphatic carbocycles. The van der Waals surface area contributed by atoms with Crippen molar-refractivity contribution in [1.82, 2.24) is 4.98 Å². The molecule has 0 spiro atoms. The highest BCUT2D eigenvalue weighted by Crippen LogP contribution is 2.28. The van der Waals surface area contributed by atoms with E-state index in [1.807, 2.05) is 18.2 Å². The third-order valence-electron chi connectivity index (χ3n) is 1.99. The molecule has 16 heavy (non-hydrogen) atoms. The Hall–Kier alpha value is -1.25. The zero-order chi connectivity index (χ0) is 11.4. The van der Waals surface area contributed by atoms with Crippen molar-refractivity contribution >= 4 is 23.2 Å². The molecule has 4 heteroatoms. The number of hydrogen-bond acceptors (Lipinski definition) is 2. The van der Waals surface area contributed by atoms with Crippen LogP contribution in [0.4, 0.5) is 0 Å².